The molecule has 1 aliphatic heterocycles. The highest BCUT2D eigenvalue weighted by Crippen LogP contribution is 2.68. The van der Waals surface area contributed by atoms with Crippen molar-refractivity contribution in [2.75, 3.05) is 0 Å². The molecule has 2 heterocycles. The number of ketones is 1. The number of fused-ring (bicyclic) bond motifs is 9. The monoisotopic (exact) mass is 600 g/mol. The number of rotatable bonds is 0. The number of thioether (sulfide) groups is 1. The number of aliphatic hydroxyl groups is 1. The lowest BCUT2D eigenvalue weighted by atomic mass is 9.45. The van der Waals surface area contributed by atoms with E-state index in [2.05, 4.69) is 20.8 Å². The Morgan fingerprint density at radius 2 is 1.95 bits per heavy atom. The van der Waals surface area contributed by atoms with Gasteiger partial charge in [0.15, 0.2) is 16.1 Å². The second-order valence-corrected chi connectivity index (χ2v) is 15.0. The molecule has 4 aliphatic carbocycles. The second kappa shape index (κ2) is 10.3. The first kappa shape index (κ1) is 28.8. The van der Waals surface area contributed by atoms with E-state index < -0.39 is 22.5 Å². The lowest BCUT2D eigenvalue weighted by Gasteiger charge is -2.61. The van der Waals surface area contributed by atoms with Crippen LogP contribution in [0.5, 0.6) is 0 Å². The molecule has 2 aromatic rings. The molecule has 43 heavy (non-hydrogen) atoms. The molecule has 2 bridgehead atoms. The number of allylic oxidation sites excluding steroid dienone is 6. The van der Waals surface area contributed by atoms with E-state index >= 15 is 0 Å². The number of benzene rings is 1. The third-order valence-corrected chi connectivity index (χ3v) is 12.5. The van der Waals surface area contributed by atoms with Gasteiger partial charge >= 0.3 is 5.97 Å². The average molecular weight is 601 g/mol. The zero-order valence-electron chi connectivity index (χ0n) is 25.1. The highest BCUT2D eigenvalue weighted by molar-refractivity contribution is 8.13. The summed E-state index contributed by atoms with van der Waals surface area (Å²) >= 11 is 1.12. The maximum absolute atomic E-state index is 13.8. The van der Waals surface area contributed by atoms with E-state index in [4.69, 9.17) is 9.72 Å². The summed E-state index contributed by atoms with van der Waals surface area (Å²) in [6, 6.07) is 7.84. The van der Waals surface area contributed by atoms with Gasteiger partial charge in [-0.3, -0.25) is 14.4 Å². The predicted molar refractivity (Wildman–Crippen MR) is 165 cm³/mol. The maximum Gasteiger partial charge on any atom is 0.306 e. The van der Waals surface area contributed by atoms with Gasteiger partial charge in [-0.05, 0) is 85.9 Å². The maximum atomic E-state index is 13.8. The molecule has 8 heteroatoms. The number of hydrogen-bond donors (Lipinski definition) is 1. The zero-order valence-corrected chi connectivity index (χ0v) is 25.9. The molecule has 3 fully saturated rings. The number of imidazole rings is 1. The van der Waals surface area contributed by atoms with Crippen LogP contribution >= 0.6 is 11.8 Å². The molecule has 5 aliphatic rings. The first-order valence-electron chi connectivity index (χ1n) is 15.7. The number of aromatic nitrogens is 2. The summed E-state index contributed by atoms with van der Waals surface area (Å²) < 4.78 is 8.42. The fourth-order valence-electron chi connectivity index (χ4n) is 9.62. The molecule has 1 N–H and O–H groups in total. The summed E-state index contributed by atoms with van der Waals surface area (Å²) in [7, 11) is 0. The molecular formula is C35H40N2O5S. The van der Waals surface area contributed by atoms with Gasteiger partial charge in [-0.25, -0.2) is 4.98 Å². The number of hydrogen-bond acceptors (Lipinski definition) is 7. The molecule has 8 atom stereocenters. The summed E-state index contributed by atoms with van der Waals surface area (Å²) in [5.41, 5.74) is 0.671. The standard InChI is InChI=1S/C35H40N2O5S/c1-21-17-23-24-13-15-35(41)20-30(40)43-32-36-26-9-6-7-10-27(26)37(32)16-8-4-5-11-29(39)42-28(19-34(24,35)3)31(23)33(2)14-12-22(38)18-25(21)33/h4,6-10,12,14,18,21,23-24,28,31,41H,5,11,13,15-17,19-20H2,1-3H3/b8-4+/t21-,23-,24-,28-,31+,33-,34-,35-/m0/s1. The van der Waals surface area contributed by atoms with Crippen LogP contribution in [0.25, 0.3) is 11.0 Å². The van der Waals surface area contributed by atoms with Crippen LogP contribution in [0.2, 0.25) is 0 Å². The van der Waals surface area contributed by atoms with Crippen molar-refractivity contribution in [1.82, 2.24) is 9.55 Å². The third-order valence-electron chi connectivity index (χ3n) is 11.6. The number of ether oxygens (including phenoxy) is 1. The SMILES string of the molecule is C[C@H]1C[C@@H]2[C@H]([C@@H]3C[C@@]4(C)[C@H]2CC[C@]4(O)CC(=O)Sc2nc4ccccc4n2C/C=C/CCC(=O)O3)[C@@]2(C)C=CC(=O)C=C12. The Morgan fingerprint density at radius 3 is 2.79 bits per heavy atom. The van der Waals surface area contributed by atoms with Crippen molar-refractivity contribution in [3.05, 3.63) is 60.2 Å². The van der Waals surface area contributed by atoms with Crippen LogP contribution in [0.15, 0.2) is 65.4 Å². The number of esters is 1. The van der Waals surface area contributed by atoms with Gasteiger partial charge in [0.1, 0.15) is 6.10 Å². The Morgan fingerprint density at radius 1 is 1.14 bits per heavy atom. The number of nitrogens with zero attached hydrogens (tertiary/aromatic N) is 2. The summed E-state index contributed by atoms with van der Waals surface area (Å²) in [5.74, 6) is 0.330. The van der Waals surface area contributed by atoms with Crippen molar-refractivity contribution in [2.45, 2.75) is 89.1 Å². The van der Waals surface area contributed by atoms with Crippen LogP contribution < -0.4 is 0 Å². The van der Waals surface area contributed by atoms with E-state index in [1.54, 1.807) is 12.2 Å². The lowest BCUT2D eigenvalue weighted by molar-refractivity contribution is -0.192. The van der Waals surface area contributed by atoms with Crippen LogP contribution in [0.4, 0.5) is 0 Å². The van der Waals surface area contributed by atoms with E-state index in [0.717, 1.165) is 41.2 Å². The van der Waals surface area contributed by atoms with Crippen molar-refractivity contribution in [3.63, 3.8) is 0 Å². The molecule has 0 saturated heterocycles. The fraction of sp³-hybridized carbons (Fsp3) is 0.543. The molecule has 3 saturated carbocycles. The van der Waals surface area contributed by atoms with E-state index in [1.165, 1.54) is 0 Å². The summed E-state index contributed by atoms with van der Waals surface area (Å²) in [5, 5.41) is 13.0. The minimum absolute atomic E-state index is 0.00286. The highest BCUT2D eigenvalue weighted by atomic mass is 32.2. The first-order chi connectivity index (χ1) is 20.5. The molecular weight excluding hydrogens is 560 g/mol. The first-order valence-corrected chi connectivity index (χ1v) is 16.5. The van der Waals surface area contributed by atoms with Gasteiger partial charge < -0.3 is 14.4 Å². The normalized spacial score (nSPS) is 40.3. The molecule has 0 radical (unpaired) electrons. The predicted octanol–water partition coefficient (Wildman–Crippen LogP) is 6.20. The van der Waals surface area contributed by atoms with Gasteiger partial charge in [0.05, 0.1) is 16.6 Å². The summed E-state index contributed by atoms with van der Waals surface area (Å²) in [4.78, 5) is 44.4. The minimum atomic E-state index is -1.22. The van der Waals surface area contributed by atoms with Crippen molar-refractivity contribution in [3.8, 4) is 0 Å². The van der Waals surface area contributed by atoms with Gasteiger partial charge in [-0.15, -0.1) is 0 Å². The third kappa shape index (κ3) is 4.50. The van der Waals surface area contributed by atoms with Gasteiger partial charge in [0, 0.05) is 36.1 Å². The smallest absolute Gasteiger partial charge is 0.306 e. The molecule has 1 aromatic carbocycles. The van der Waals surface area contributed by atoms with Crippen LogP contribution in [0.3, 0.4) is 0 Å². The van der Waals surface area contributed by atoms with Gasteiger partial charge in [-0.2, -0.15) is 0 Å². The second-order valence-electron chi connectivity index (χ2n) is 13.9. The van der Waals surface area contributed by atoms with E-state index in [9.17, 15) is 19.5 Å². The molecule has 226 valence electrons. The topological polar surface area (TPSA) is 98.5 Å². The molecule has 7 nitrogen and oxygen atoms in total. The Labute approximate surface area is 256 Å². The van der Waals surface area contributed by atoms with Crippen LogP contribution in [-0.2, 0) is 25.7 Å². The fourth-order valence-corrected chi connectivity index (χ4v) is 10.6. The summed E-state index contributed by atoms with van der Waals surface area (Å²) in [6.45, 7) is 7.04. The van der Waals surface area contributed by atoms with Crippen LogP contribution in [0.1, 0.15) is 65.7 Å². The van der Waals surface area contributed by atoms with Crippen molar-refractivity contribution in [2.24, 2.45) is 34.5 Å². The van der Waals surface area contributed by atoms with E-state index in [1.807, 2.05) is 47.1 Å². The molecule has 0 unspecified atom stereocenters. The van der Waals surface area contributed by atoms with Crippen LogP contribution in [0, 0.1) is 34.5 Å². The number of carbonyl (C=O) groups excluding carboxylic acids is 3. The van der Waals surface area contributed by atoms with Crippen molar-refractivity contribution in [1.29, 1.82) is 0 Å². The number of carbonyl (C=O) groups is 3. The van der Waals surface area contributed by atoms with Gasteiger partial charge in [0.25, 0.3) is 0 Å². The van der Waals surface area contributed by atoms with E-state index in [-0.39, 0.29) is 53.4 Å². The van der Waals surface area contributed by atoms with E-state index in [0.29, 0.717) is 31.0 Å². The Bertz CT molecular complexity index is 1610. The zero-order chi connectivity index (χ0) is 30.1. The van der Waals surface area contributed by atoms with Crippen LogP contribution in [-0.4, -0.2) is 43.2 Å². The quantitative estimate of drug-likeness (QED) is 0.284. The molecule has 1 aromatic heterocycles. The minimum Gasteiger partial charge on any atom is -0.462 e. The Balaban J connectivity index is 1.29. The lowest BCUT2D eigenvalue weighted by Crippen LogP contribution is -2.61. The van der Waals surface area contributed by atoms with Crippen molar-refractivity contribution >= 4 is 39.7 Å². The molecule has 0 amide bonds. The van der Waals surface area contributed by atoms with Gasteiger partial charge in [-0.1, -0.05) is 56.7 Å². The number of para-hydroxylation sites is 2. The largest absolute Gasteiger partial charge is 0.462 e. The van der Waals surface area contributed by atoms with Gasteiger partial charge in [0.2, 0.25) is 0 Å². The highest BCUT2D eigenvalue weighted by Gasteiger charge is 2.67. The molecule has 7 rings (SSSR count). The summed E-state index contributed by atoms with van der Waals surface area (Å²) in [6.07, 6.45) is 12.6. The Kier molecular flexibility index (Phi) is 6.89. The van der Waals surface area contributed by atoms with Crippen molar-refractivity contribution < 1.29 is 24.2 Å². The molecule has 0 spiro atoms. The average Bonchev–Trinajstić information content (AvgIpc) is 3.42. The Hall–Kier alpha value is -2.97.